The summed E-state index contributed by atoms with van der Waals surface area (Å²) in [4.78, 5) is 16.5. The second-order valence-electron chi connectivity index (χ2n) is 6.84. The number of aromatic nitrogens is 2. The number of hydrogen-bond donors (Lipinski definition) is 2. The maximum absolute atomic E-state index is 13.0. The van der Waals surface area contributed by atoms with Crippen LogP contribution in [0.4, 0.5) is 9.18 Å². The largest absolute Gasteiger partial charge is 0.337 e. The van der Waals surface area contributed by atoms with E-state index in [0.717, 1.165) is 25.7 Å². The van der Waals surface area contributed by atoms with Gasteiger partial charge >= 0.3 is 6.03 Å². The summed E-state index contributed by atoms with van der Waals surface area (Å²) in [6, 6.07) is 5.45. The molecule has 1 heterocycles. The first-order valence-corrected chi connectivity index (χ1v) is 9.28. The van der Waals surface area contributed by atoms with Crippen LogP contribution in [-0.2, 0) is 0 Å². The molecule has 2 aromatic rings. The predicted molar refractivity (Wildman–Crippen MR) is 95.9 cm³/mol. The first-order valence-electron chi connectivity index (χ1n) is 9.28. The molecule has 1 aromatic heterocycles. The minimum absolute atomic E-state index is 0.218. The van der Waals surface area contributed by atoms with E-state index in [1.807, 2.05) is 0 Å². The number of rotatable bonds is 4. The number of nitrogens with zero attached hydrogens (tertiary/aromatic N) is 2. The second kappa shape index (κ2) is 8.78. The molecule has 0 spiro atoms. The molecule has 140 valence electrons. The van der Waals surface area contributed by atoms with Gasteiger partial charge in [-0.1, -0.05) is 37.3 Å². The Balaban J connectivity index is 1.54. The number of hydrogen-bond acceptors (Lipinski definition) is 4. The monoisotopic (exact) mass is 360 g/mol. The summed E-state index contributed by atoms with van der Waals surface area (Å²) < 4.78 is 18.2. The van der Waals surface area contributed by atoms with Crippen LogP contribution in [0.25, 0.3) is 11.4 Å². The van der Waals surface area contributed by atoms with Crippen LogP contribution in [0.5, 0.6) is 0 Å². The minimum Gasteiger partial charge on any atom is -0.337 e. The summed E-state index contributed by atoms with van der Waals surface area (Å²) >= 11 is 0. The number of urea groups is 1. The zero-order chi connectivity index (χ0) is 18.4. The number of carbonyl (C=O) groups excluding carboxylic acids is 1. The van der Waals surface area contributed by atoms with Gasteiger partial charge in [0.05, 0.1) is 0 Å². The summed E-state index contributed by atoms with van der Waals surface area (Å²) in [6.07, 6.45) is 8.14. The molecule has 0 bridgehead atoms. The number of nitrogens with one attached hydrogen (secondary N) is 2. The van der Waals surface area contributed by atoms with Crippen molar-refractivity contribution in [1.82, 2.24) is 20.8 Å². The topological polar surface area (TPSA) is 80.0 Å². The maximum Gasteiger partial charge on any atom is 0.315 e. The van der Waals surface area contributed by atoms with Gasteiger partial charge in [-0.05, 0) is 44.0 Å². The molecule has 2 amide bonds. The van der Waals surface area contributed by atoms with E-state index in [1.54, 1.807) is 19.1 Å². The molecule has 1 aromatic carbocycles. The molecule has 1 saturated carbocycles. The van der Waals surface area contributed by atoms with Crippen LogP contribution in [0.2, 0.25) is 0 Å². The zero-order valence-electron chi connectivity index (χ0n) is 15.0. The van der Waals surface area contributed by atoms with Gasteiger partial charge in [0.2, 0.25) is 11.7 Å². The smallest absolute Gasteiger partial charge is 0.315 e. The van der Waals surface area contributed by atoms with E-state index in [1.165, 1.54) is 31.4 Å². The first kappa shape index (κ1) is 18.4. The molecule has 2 N–H and O–H groups in total. The molecular weight excluding hydrogens is 335 g/mol. The molecule has 6 nitrogen and oxygen atoms in total. The Morgan fingerprint density at radius 1 is 1.15 bits per heavy atom. The van der Waals surface area contributed by atoms with Crippen molar-refractivity contribution in [3.8, 4) is 11.4 Å². The van der Waals surface area contributed by atoms with Crippen LogP contribution in [0.15, 0.2) is 28.8 Å². The van der Waals surface area contributed by atoms with Crippen LogP contribution >= 0.6 is 0 Å². The molecule has 0 saturated heterocycles. The van der Waals surface area contributed by atoms with Crippen molar-refractivity contribution in [1.29, 1.82) is 0 Å². The summed E-state index contributed by atoms with van der Waals surface area (Å²) in [7, 11) is 0. The molecule has 0 aliphatic heterocycles. The lowest BCUT2D eigenvalue weighted by Gasteiger charge is -2.22. The highest BCUT2D eigenvalue weighted by Crippen LogP contribution is 2.20. The van der Waals surface area contributed by atoms with Gasteiger partial charge in [0.15, 0.2) is 0 Å². The van der Waals surface area contributed by atoms with Crippen molar-refractivity contribution in [3.05, 3.63) is 36.0 Å². The van der Waals surface area contributed by atoms with Gasteiger partial charge in [0.1, 0.15) is 11.9 Å². The number of halogens is 1. The van der Waals surface area contributed by atoms with Crippen molar-refractivity contribution in [2.45, 2.75) is 64.0 Å². The van der Waals surface area contributed by atoms with E-state index in [0.29, 0.717) is 17.3 Å². The first-order chi connectivity index (χ1) is 12.6. The number of amides is 2. The van der Waals surface area contributed by atoms with Crippen molar-refractivity contribution in [3.63, 3.8) is 0 Å². The molecule has 1 aliphatic carbocycles. The molecule has 0 unspecified atom stereocenters. The highest BCUT2D eigenvalue weighted by molar-refractivity contribution is 5.74. The normalized spacial score (nSPS) is 17.2. The lowest BCUT2D eigenvalue weighted by molar-refractivity contribution is 0.227. The summed E-state index contributed by atoms with van der Waals surface area (Å²) in [6.45, 7) is 1.79. The quantitative estimate of drug-likeness (QED) is 0.849. The van der Waals surface area contributed by atoms with Gasteiger partial charge in [0, 0.05) is 11.6 Å². The zero-order valence-corrected chi connectivity index (χ0v) is 15.0. The third kappa shape index (κ3) is 5.03. The summed E-state index contributed by atoms with van der Waals surface area (Å²) in [5, 5.41) is 9.80. The van der Waals surface area contributed by atoms with E-state index in [-0.39, 0.29) is 17.9 Å². The molecule has 26 heavy (non-hydrogen) atoms. The summed E-state index contributed by atoms with van der Waals surface area (Å²) in [5.74, 6) is 0.365. The Labute approximate surface area is 152 Å². The van der Waals surface area contributed by atoms with Gasteiger partial charge in [0.25, 0.3) is 0 Å². The fourth-order valence-electron chi connectivity index (χ4n) is 3.21. The van der Waals surface area contributed by atoms with Crippen LogP contribution in [0, 0.1) is 5.82 Å². The minimum atomic E-state index is -0.412. The van der Waals surface area contributed by atoms with Crippen molar-refractivity contribution in [2.75, 3.05) is 0 Å². The molecular formula is C19H25FN4O2. The molecule has 0 radical (unpaired) electrons. The Hall–Kier alpha value is -2.44. The van der Waals surface area contributed by atoms with Gasteiger partial charge in [-0.3, -0.25) is 0 Å². The second-order valence-corrected chi connectivity index (χ2v) is 6.84. The lowest BCUT2D eigenvalue weighted by Crippen LogP contribution is -2.43. The van der Waals surface area contributed by atoms with Crippen molar-refractivity contribution >= 4 is 6.03 Å². The van der Waals surface area contributed by atoms with E-state index in [9.17, 15) is 9.18 Å². The van der Waals surface area contributed by atoms with E-state index in [4.69, 9.17) is 4.52 Å². The standard InChI is InChI=1S/C19H25FN4O2/c1-13(21-19(25)22-16-7-5-3-2-4-6-8-16)18-23-17(24-26-18)14-9-11-15(20)12-10-14/h9-13,16H,2-8H2,1H3,(H2,21,22,25)/t13-/m0/s1. The van der Waals surface area contributed by atoms with Crippen molar-refractivity contribution in [2.24, 2.45) is 0 Å². The van der Waals surface area contributed by atoms with Crippen LogP contribution in [0.1, 0.15) is 63.8 Å². The van der Waals surface area contributed by atoms with Crippen LogP contribution in [-0.4, -0.2) is 22.2 Å². The van der Waals surface area contributed by atoms with Crippen molar-refractivity contribution < 1.29 is 13.7 Å². The van der Waals surface area contributed by atoms with Gasteiger partial charge in [-0.15, -0.1) is 0 Å². The van der Waals surface area contributed by atoms with E-state index < -0.39 is 6.04 Å². The molecule has 3 rings (SSSR count). The van der Waals surface area contributed by atoms with Crippen LogP contribution in [0.3, 0.4) is 0 Å². The van der Waals surface area contributed by atoms with Crippen LogP contribution < -0.4 is 10.6 Å². The molecule has 1 aliphatic rings. The highest BCUT2D eigenvalue weighted by Gasteiger charge is 2.19. The van der Waals surface area contributed by atoms with E-state index >= 15 is 0 Å². The van der Waals surface area contributed by atoms with Gasteiger partial charge in [-0.25, -0.2) is 9.18 Å². The molecule has 7 heteroatoms. The Morgan fingerprint density at radius 3 is 2.50 bits per heavy atom. The fraction of sp³-hybridized carbons (Fsp3) is 0.526. The average Bonchev–Trinajstić information content (AvgIpc) is 3.08. The fourth-order valence-corrected chi connectivity index (χ4v) is 3.21. The number of benzene rings is 1. The SMILES string of the molecule is C[C@H](NC(=O)NC1CCCCCCC1)c1nc(-c2ccc(F)cc2)no1. The van der Waals surface area contributed by atoms with E-state index in [2.05, 4.69) is 20.8 Å². The predicted octanol–water partition coefficient (Wildman–Crippen LogP) is 4.35. The Bertz CT molecular complexity index is 709. The Morgan fingerprint density at radius 2 is 1.81 bits per heavy atom. The number of carbonyl (C=O) groups is 1. The van der Waals surface area contributed by atoms with Gasteiger partial charge < -0.3 is 15.2 Å². The Kier molecular flexibility index (Phi) is 6.20. The van der Waals surface area contributed by atoms with Gasteiger partial charge in [-0.2, -0.15) is 4.98 Å². The molecule has 1 atom stereocenters. The third-order valence-corrected chi connectivity index (χ3v) is 4.70. The molecule has 1 fully saturated rings. The highest BCUT2D eigenvalue weighted by atomic mass is 19.1. The maximum atomic E-state index is 13.0. The summed E-state index contributed by atoms with van der Waals surface area (Å²) in [5.41, 5.74) is 0.660. The third-order valence-electron chi connectivity index (χ3n) is 4.70. The average molecular weight is 360 g/mol. The lowest BCUT2D eigenvalue weighted by atomic mass is 9.97.